The number of ether oxygens (including phenoxy) is 2. The number of epoxide rings is 1. The summed E-state index contributed by atoms with van der Waals surface area (Å²) in [5.41, 5.74) is 0. The van der Waals surface area contributed by atoms with E-state index in [0.29, 0.717) is 12.2 Å². The Morgan fingerprint density at radius 2 is 1.56 bits per heavy atom. The maximum Gasteiger partial charge on any atom is 0.302 e. The second kappa shape index (κ2) is 7.06. The zero-order valence-corrected chi connectivity index (χ0v) is 12.5. The van der Waals surface area contributed by atoms with Gasteiger partial charge in [0, 0.05) is 6.92 Å². The number of carbonyl (C=O) groups is 1. The van der Waals surface area contributed by atoms with Gasteiger partial charge in [0.15, 0.2) is 0 Å². The molecular formula is C11H22O6S. The predicted molar refractivity (Wildman–Crippen MR) is 66.6 cm³/mol. The number of hydrogen-bond donors (Lipinski definition) is 0. The summed E-state index contributed by atoms with van der Waals surface area (Å²) < 4.78 is 35.6. The summed E-state index contributed by atoms with van der Waals surface area (Å²) in [6.07, 6.45) is 0.806. The minimum absolute atomic E-state index is 0.462. The Hall–Kier alpha value is -0.660. The molecule has 4 atom stereocenters. The van der Waals surface area contributed by atoms with E-state index in [-0.39, 0.29) is 0 Å². The van der Waals surface area contributed by atoms with Crippen LogP contribution in [-0.2, 0) is 28.6 Å². The SMILES string of the molecule is CC(=O)O[C@@H](C)[C@@H](C)OS(C)(=O)=O.C[C@@H]1O[C@H]1C. The molecule has 0 aromatic rings. The van der Waals surface area contributed by atoms with Crippen LogP contribution >= 0.6 is 0 Å². The Balaban J connectivity index is 0.000000473. The fourth-order valence-corrected chi connectivity index (χ4v) is 1.71. The van der Waals surface area contributed by atoms with E-state index in [1.54, 1.807) is 6.92 Å². The van der Waals surface area contributed by atoms with Crippen molar-refractivity contribution >= 4 is 16.1 Å². The van der Waals surface area contributed by atoms with Gasteiger partial charge in [-0.2, -0.15) is 8.42 Å². The molecule has 0 aromatic carbocycles. The third-order valence-corrected chi connectivity index (χ3v) is 3.01. The van der Waals surface area contributed by atoms with Crippen molar-refractivity contribution in [2.45, 2.75) is 59.0 Å². The molecule has 1 aliphatic heterocycles. The van der Waals surface area contributed by atoms with Crippen LogP contribution in [-0.4, -0.2) is 45.1 Å². The summed E-state index contributed by atoms with van der Waals surface area (Å²) in [5, 5.41) is 0. The molecule has 6 nitrogen and oxygen atoms in total. The molecule has 0 bridgehead atoms. The van der Waals surface area contributed by atoms with Gasteiger partial charge in [-0.1, -0.05) is 0 Å². The Labute approximate surface area is 109 Å². The molecular weight excluding hydrogens is 260 g/mol. The minimum Gasteiger partial charge on any atom is -0.460 e. The molecule has 1 saturated heterocycles. The van der Waals surface area contributed by atoms with Gasteiger partial charge in [0.25, 0.3) is 10.1 Å². The lowest BCUT2D eigenvalue weighted by molar-refractivity contribution is -0.149. The molecule has 1 heterocycles. The number of carbonyl (C=O) groups excluding carboxylic acids is 1. The first-order chi connectivity index (χ1) is 8.03. The first-order valence-corrected chi connectivity index (χ1v) is 7.55. The largest absolute Gasteiger partial charge is 0.460 e. The van der Waals surface area contributed by atoms with Crippen molar-refractivity contribution in [2.24, 2.45) is 0 Å². The molecule has 0 aliphatic carbocycles. The number of rotatable bonds is 4. The van der Waals surface area contributed by atoms with E-state index in [1.807, 2.05) is 0 Å². The average Bonchev–Trinajstić information content (AvgIpc) is 2.76. The van der Waals surface area contributed by atoms with Gasteiger partial charge < -0.3 is 9.47 Å². The maximum absolute atomic E-state index is 10.7. The highest BCUT2D eigenvalue weighted by molar-refractivity contribution is 7.86. The molecule has 0 radical (unpaired) electrons. The minimum atomic E-state index is -3.50. The van der Waals surface area contributed by atoms with Crippen molar-refractivity contribution < 1.29 is 26.9 Å². The van der Waals surface area contributed by atoms with Gasteiger partial charge in [-0.05, 0) is 27.7 Å². The Morgan fingerprint density at radius 3 is 1.78 bits per heavy atom. The van der Waals surface area contributed by atoms with Gasteiger partial charge in [-0.25, -0.2) is 0 Å². The smallest absolute Gasteiger partial charge is 0.302 e. The van der Waals surface area contributed by atoms with Crippen LogP contribution in [0.4, 0.5) is 0 Å². The quantitative estimate of drug-likeness (QED) is 0.436. The first kappa shape index (κ1) is 17.3. The van der Waals surface area contributed by atoms with Crippen molar-refractivity contribution in [1.29, 1.82) is 0 Å². The Kier molecular flexibility index (Phi) is 6.80. The van der Waals surface area contributed by atoms with E-state index < -0.39 is 28.3 Å². The van der Waals surface area contributed by atoms with Crippen molar-refractivity contribution in [1.82, 2.24) is 0 Å². The van der Waals surface area contributed by atoms with Crippen LogP contribution in [0, 0.1) is 0 Å². The average molecular weight is 282 g/mol. The first-order valence-electron chi connectivity index (χ1n) is 5.74. The molecule has 18 heavy (non-hydrogen) atoms. The summed E-state index contributed by atoms with van der Waals surface area (Å²) >= 11 is 0. The molecule has 1 fully saturated rings. The lowest BCUT2D eigenvalue weighted by atomic mass is 10.3. The molecule has 1 rings (SSSR count). The highest BCUT2D eigenvalue weighted by Gasteiger charge is 2.27. The lowest BCUT2D eigenvalue weighted by Gasteiger charge is -2.18. The van der Waals surface area contributed by atoms with Gasteiger partial charge in [-0.3, -0.25) is 8.98 Å². The molecule has 0 saturated carbocycles. The van der Waals surface area contributed by atoms with E-state index in [2.05, 4.69) is 18.0 Å². The molecule has 1 aliphatic rings. The van der Waals surface area contributed by atoms with E-state index in [4.69, 9.17) is 9.47 Å². The lowest BCUT2D eigenvalue weighted by Crippen LogP contribution is -2.29. The van der Waals surface area contributed by atoms with E-state index in [9.17, 15) is 13.2 Å². The van der Waals surface area contributed by atoms with Crippen molar-refractivity contribution in [3.8, 4) is 0 Å². The van der Waals surface area contributed by atoms with Crippen molar-refractivity contribution in [2.75, 3.05) is 6.26 Å². The second-order valence-corrected chi connectivity index (χ2v) is 5.97. The molecule has 0 amide bonds. The van der Waals surface area contributed by atoms with Gasteiger partial charge in [0.1, 0.15) is 12.2 Å². The van der Waals surface area contributed by atoms with Crippen LogP contribution < -0.4 is 0 Å². The van der Waals surface area contributed by atoms with Gasteiger partial charge in [-0.15, -0.1) is 0 Å². The standard InChI is InChI=1S/C7H14O5S.C4H8O/c1-5(11-7(3)8)6(2)12-13(4,9)10;1-3-4(2)5-3/h5-6H,1-4H3;3-4H,1-2H3/t5-,6+;3-,4-/m00/s1. The van der Waals surface area contributed by atoms with Crippen LogP contribution in [0.15, 0.2) is 0 Å². The van der Waals surface area contributed by atoms with Crippen LogP contribution in [0.2, 0.25) is 0 Å². The molecule has 0 spiro atoms. The van der Waals surface area contributed by atoms with Gasteiger partial charge in [0.2, 0.25) is 0 Å². The van der Waals surface area contributed by atoms with Crippen LogP contribution in [0.1, 0.15) is 34.6 Å². The molecule has 0 aromatic heterocycles. The summed E-state index contributed by atoms with van der Waals surface area (Å²) in [5.74, 6) is -0.462. The van der Waals surface area contributed by atoms with E-state index in [0.717, 1.165) is 6.26 Å². The molecule has 7 heteroatoms. The normalized spacial score (nSPS) is 25.4. The topological polar surface area (TPSA) is 82.2 Å². The molecule has 0 N–H and O–H groups in total. The van der Waals surface area contributed by atoms with E-state index in [1.165, 1.54) is 13.8 Å². The summed E-state index contributed by atoms with van der Waals surface area (Å²) in [7, 11) is -3.50. The van der Waals surface area contributed by atoms with Crippen LogP contribution in [0.25, 0.3) is 0 Å². The highest BCUT2D eigenvalue weighted by Crippen LogP contribution is 2.18. The highest BCUT2D eigenvalue weighted by atomic mass is 32.2. The summed E-state index contributed by atoms with van der Waals surface area (Å²) in [6, 6.07) is 0. The number of esters is 1. The molecule has 108 valence electrons. The van der Waals surface area contributed by atoms with Gasteiger partial charge >= 0.3 is 5.97 Å². The molecule has 0 unspecified atom stereocenters. The zero-order chi connectivity index (χ0) is 14.5. The Bertz CT molecular complexity index is 358. The third-order valence-electron chi connectivity index (χ3n) is 2.35. The third kappa shape index (κ3) is 9.38. The van der Waals surface area contributed by atoms with Crippen LogP contribution in [0.3, 0.4) is 0 Å². The van der Waals surface area contributed by atoms with Crippen LogP contribution in [0.5, 0.6) is 0 Å². The summed E-state index contributed by atoms with van der Waals surface area (Å²) in [6.45, 7) is 8.49. The summed E-state index contributed by atoms with van der Waals surface area (Å²) in [4.78, 5) is 10.5. The van der Waals surface area contributed by atoms with Crippen molar-refractivity contribution in [3.63, 3.8) is 0 Å². The van der Waals surface area contributed by atoms with Crippen molar-refractivity contribution in [3.05, 3.63) is 0 Å². The zero-order valence-electron chi connectivity index (χ0n) is 11.7. The fraction of sp³-hybridized carbons (Fsp3) is 0.909. The number of hydrogen-bond acceptors (Lipinski definition) is 6. The predicted octanol–water partition coefficient (Wildman–Crippen LogP) is 1.10. The monoisotopic (exact) mass is 282 g/mol. The van der Waals surface area contributed by atoms with Gasteiger partial charge in [0.05, 0.1) is 18.5 Å². The fourth-order valence-electron chi connectivity index (χ4n) is 1.00. The maximum atomic E-state index is 10.7. The van der Waals surface area contributed by atoms with E-state index >= 15 is 0 Å². The Morgan fingerprint density at radius 1 is 1.17 bits per heavy atom. The second-order valence-electron chi connectivity index (χ2n) is 4.37.